The molecule has 2 aromatic carbocycles. The van der Waals surface area contributed by atoms with Crippen LogP contribution in [-0.2, 0) is 0 Å². The highest BCUT2D eigenvalue weighted by atomic mass is 79.9. The highest BCUT2D eigenvalue weighted by Crippen LogP contribution is 2.37. The van der Waals surface area contributed by atoms with Crippen molar-refractivity contribution in [1.82, 2.24) is 14.9 Å². The maximum Gasteiger partial charge on any atom is 0.231 e. The molecule has 0 unspecified atom stereocenters. The van der Waals surface area contributed by atoms with E-state index in [4.69, 9.17) is 9.47 Å². The third kappa shape index (κ3) is 2.58. The Kier molecular flexibility index (Phi) is 3.46. The molecular formula is C17H11BrN4O2S. The summed E-state index contributed by atoms with van der Waals surface area (Å²) in [4.78, 5) is 0. The Labute approximate surface area is 156 Å². The van der Waals surface area contributed by atoms with Crippen LogP contribution in [0.25, 0.3) is 17.1 Å². The zero-order valence-electron chi connectivity index (χ0n) is 12.8. The van der Waals surface area contributed by atoms with Crippen molar-refractivity contribution < 1.29 is 9.47 Å². The van der Waals surface area contributed by atoms with Gasteiger partial charge in [-0.15, -0.1) is 10.2 Å². The second-order valence-corrected chi connectivity index (χ2v) is 7.23. The van der Waals surface area contributed by atoms with E-state index in [1.807, 2.05) is 40.4 Å². The van der Waals surface area contributed by atoms with Crippen LogP contribution in [0.3, 0.4) is 0 Å². The first-order valence-corrected chi connectivity index (χ1v) is 9.20. The van der Waals surface area contributed by atoms with Gasteiger partial charge in [0.2, 0.25) is 11.9 Å². The summed E-state index contributed by atoms with van der Waals surface area (Å²) in [5, 5.41) is 11.4. The number of hydrogen-bond donors (Lipinski definition) is 1. The summed E-state index contributed by atoms with van der Waals surface area (Å²) >= 11 is 5.05. The van der Waals surface area contributed by atoms with Crippen molar-refractivity contribution in [3.8, 4) is 22.9 Å². The predicted molar refractivity (Wildman–Crippen MR) is 98.9 cm³/mol. The molecule has 2 aliphatic heterocycles. The van der Waals surface area contributed by atoms with Gasteiger partial charge in [-0.05, 0) is 30.3 Å². The molecule has 1 aromatic heterocycles. The van der Waals surface area contributed by atoms with E-state index in [1.54, 1.807) is 0 Å². The monoisotopic (exact) mass is 414 g/mol. The summed E-state index contributed by atoms with van der Waals surface area (Å²) in [5.74, 6) is 2.20. The van der Waals surface area contributed by atoms with Gasteiger partial charge in [-0.25, -0.2) is 4.68 Å². The van der Waals surface area contributed by atoms with Gasteiger partial charge in [0, 0.05) is 21.0 Å². The number of nitrogens with zero attached hydrogens (tertiary/aromatic N) is 3. The summed E-state index contributed by atoms with van der Waals surface area (Å²) in [6.07, 6.45) is 0. The number of aromatic nitrogens is 3. The number of ether oxygens (including phenoxy) is 2. The topological polar surface area (TPSA) is 61.2 Å². The smallest absolute Gasteiger partial charge is 0.231 e. The van der Waals surface area contributed by atoms with E-state index in [0.717, 1.165) is 43.8 Å². The summed E-state index contributed by atoms with van der Waals surface area (Å²) in [5.41, 5.74) is 6.37. The van der Waals surface area contributed by atoms with Crippen molar-refractivity contribution in [1.29, 1.82) is 0 Å². The van der Waals surface area contributed by atoms with Crippen LogP contribution in [0.2, 0.25) is 0 Å². The lowest BCUT2D eigenvalue weighted by Gasteiger charge is -2.19. The van der Waals surface area contributed by atoms with E-state index >= 15 is 0 Å². The standard InChI is InChI=1S/C17H11BrN4O2S/c18-12-3-1-2-10(6-12)13-8-25-17-20-19-16(22(17)21-13)11-4-5-14-15(7-11)24-9-23-14/h1-8,21H,9H2. The van der Waals surface area contributed by atoms with Crippen molar-refractivity contribution >= 4 is 33.4 Å². The van der Waals surface area contributed by atoms with Gasteiger partial charge in [-0.2, -0.15) is 0 Å². The summed E-state index contributed by atoms with van der Waals surface area (Å²) in [7, 11) is 0. The van der Waals surface area contributed by atoms with Crippen LogP contribution in [0.15, 0.2) is 57.5 Å². The van der Waals surface area contributed by atoms with E-state index in [9.17, 15) is 0 Å². The second-order valence-electron chi connectivity index (χ2n) is 5.48. The molecule has 6 nitrogen and oxygen atoms in total. The summed E-state index contributed by atoms with van der Waals surface area (Å²) in [6, 6.07) is 13.9. The highest BCUT2D eigenvalue weighted by Gasteiger charge is 2.22. The fourth-order valence-corrected chi connectivity index (χ4v) is 3.85. The van der Waals surface area contributed by atoms with Crippen LogP contribution in [0.4, 0.5) is 0 Å². The Morgan fingerprint density at radius 1 is 1.04 bits per heavy atom. The molecule has 2 aliphatic rings. The van der Waals surface area contributed by atoms with Crippen LogP contribution in [0, 0.1) is 0 Å². The molecule has 5 rings (SSSR count). The quantitative estimate of drug-likeness (QED) is 0.681. The molecule has 0 fully saturated rings. The number of hydrogen-bond acceptors (Lipinski definition) is 6. The highest BCUT2D eigenvalue weighted by molar-refractivity contribution is 9.10. The Balaban J connectivity index is 1.52. The maximum absolute atomic E-state index is 5.46. The second kappa shape index (κ2) is 5.82. The lowest BCUT2D eigenvalue weighted by Crippen LogP contribution is -2.18. The number of rotatable bonds is 2. The Morgan fingerprint density at radius 2 is 1.96 bits per heavy atom. The van der Waals surface area contributed by atoms with Gasteiger partial charge >= 0.3 is 0 Å². The average molecular weight is 415 g/mol. The summed E-state index contributed by atoms with van der Waals surface area (Å²) in [6.45, 7) is 0.251. The average Bonchev–Trinajstić information content (AvgIpc) is 3.27. The number of fused-ring (bicyclic) bond motifs is 2. The lowest BCUT2D eigenvalue weighted by atomic mass is 10.2. The maximum atomic E-state index is 5.46. The van der Waals surface area contributed by atoms with Crippen LogP contribution in [0.5, 0.6) is 11.5 Å². The van der Waals surface area contributed by atoms with E-state index in [1.165, 1.54) is 11.8 Å². The molecule has 3 heterocycles. The van der Waals surface area contributed by atoms with Crippen LogP contribution in [-0.4, -0.2) is 21.7 Å². The van der Waals surface area contributed by atoms with E-state index < -0.39 is 0 Å². The minimum atomic E-state index is 0.251. The van der Waals surface area contributed by atoms with Crippen molar-refractivity contribution in [3.05, 3.63) is 57.9 Å². The molecule has 124 valence electrons. The fourth-order valence-electron chi connectivity index (χ4n) is 2.72. The molecule has 3 aromatic rings. The third-order valence-corrected chi connectivity index (χ3v) is 5.24. The van der Waals surface area contributed by atoms with Gasteiger partial charge < -0.3 is 9.47 Å². The van der Waals surface area contributed by atoms with Gasteiger partial charge in [0.05, 0.1) is 5.70 Å². The van der Waals surface area contributed by atoms with Crippen LogP contribution in [0.1, 0.15) is 5.56 Å². The number of halogens is 1. The van der Waals surface area contributed by atoms with Crippen molar-refractivity contribution in [2.45, 2.75) is 5.16 Å². The molecule has 0 atom stereocenters. The SMILES string of the molecule is Brc1cccc(C2=CSc3nnc(-c4ccc5c(c4)OCO5)n3N2)c1. The van der Waals surface area contributed by atoms with E-state index in [2.05, 4.69) is 43.7 Å². The van der Waals surface area contributed by atoms with Crippen molar-refractivity contribution in [2.24, 2.45) is 0 Å². The van der Waals surface area contributed by atoms with Gasteiger partial charge in [0.1, 0.15) is 0 Å². The van der Waals surface area contributed by atoms with Crippen LogP contribution < -0.4 is 14.9 Å². The molecular weight excluding hydrogens is 404 g/mol. The predicted octanol–water partition coefficient (Wildman–Crippen LogP) is 4.08. The Hall–Kier alpha value is -2.45. The molecule has 0 saturated carbocycles. The molecule has 0 radical (unpaired) electrons. The molecule has 25 heavy (non-hydrogen) atoms. The van der Waals surface area contributed by atoms with Gasteiger partial charge in [0.25, 0.3) is 0 Å². The van der Waals surface area contributed by atoms with Gasteiger partial charge in [-0.1, -0.05) is 39.8 Å². The molecule has 1 N–H and O–H groups in total. The lowest BCUT2D eigenvalue weighted by molar-refractivity contribution is 0.174. The number of benzene rings is 2. The summed E-state index contributed by atoms with van der Waals surface area (Å²) < 4.78 is 13.8. The largest absolute Gasteiger partial charge is 0.454 e. The first kappa shape index (κ1) is 14.9. The molecule has 0 spiro atoms. The minimum Gasteiger partial charge on any atom is -0.454 e. The van der Waals surface area contributed by atoms with Crippen molar-refractivity contribution in [2.75, 3.05) is 12.2 Å². The molecule has 0 saturated heterocycles. The van der Waals surface area contributed by atoms with Gasteiger partial charge in [0.15, 0.2) is 17.3 Å². The first-order chi connectivity index (χ1) is 12.3. The molecule has 0 amide bonds. The molecule has 8 heteroatoms. The molecule has 0 bridgehead atoms. The first-order valence-electron chi connectivity index (χ1n) is 7.53. The zero-order chi connectivity index (χ0) is 16.8. The normalized spacial score (nSPS) is 14.7. The van der Waals surface area contributed by atoms with Crippen LogP contribution >= 0.6 is 27.7 Å². The Bertz CT molecular complexity index is 1020. The third-order valence-electron chi connectivity index (χ3n) is 3.91. The molecule has 0 aliphatic carbocycles. The Morgan fingerprint density at radius 3 is 2.88 bits per heavy atom. The minimum absolute atomic E-state index is 0.251. The van der Waals surface area contributed by atoms with E-state index in [0.29, 0.717) is 0 Å². The van der Waals surface area contributed by atoms with Gasteiger partial charge in [-0.3, -0.25) is 5.43 Å². The number of nitrogens with one attached hydrogen (secondary N) is 1. The van der Waals surface area contributed by atoms with E-state index in [-0.39, 0.29) is 6.79 Å². The fraction of sp³-hybridized carbons (Fsp3) is 0.0588. The zero-order valence-corrected chi connectivity index (χ0v) is 15.2. The van der Waals surface area contributed by atoms with Crippen molar-refractivity contribution in [3.63, 3.8) is 0 Å². The number of thioether (sulfide) groups is 1.